The zero-order valence-electron chi connectivity index (χ0n) is 8.51. The third-order valence-electron chi connectivity index (χ3n) is 1.87. The van der Waals surface area contributed by atoms with Gasteiger partial charge < -0.3 is 11.1 Å². The van der Waals surface area contributed by atoms with Crippen LogP contribution in [-0.4, -0.2) is 22.8 Å². The van der Waals surface area contributed by atoms with Crippen molar-refractivity contribution < 1.29 is 9.59 Å². The molecule has 0 aliphatic rings. The highest BCUT2D eigenvalue weighted by atomic mass is 16.2. The maximum absolute atomic E-state index is 11.6. The maximum Gasteiger partial charge on any atom is 0.270 e. The summed E-state index contributed by atoms with van der Waals surface area (Å²) in [5.41, 5.74) is 5.29. The number of nitrogens with one attached hydrogen (secondary N) is 1. The normalized spacial score (nSPS) is 11.2. The molecule has 0 unspecified atom stereocenters. The van der Waals surface area contributed by atoms with E-state index in [2.05, 4.69) is 16.2 Å². The second-order valence-electron chi connectivity index (χ2n) is 3.05. The summed E-state index contributed by atoms with van der Waals surface area (Å²) in [6.45, 7) is 0. The highest BCUT2D eigenvalue weighted by Gasteiger charge is 2.18. The van der Waals surface area contributed by atoms with E-state index in [0.717, 1.165) is 0 Å². The molecule has 0 aromatic carbocycles. The van der Waals surface area contributed by atoms with Crippen LogP contribution in [0.4, 0.5) is 0 Å². The molecule has 1 heterocycles. The lowest BCUT2D eigenvalue weighted by Gasteiger charge is -2.11. The first-order chi connectivity index (χ1) is 7.65. The summed E-state index contributed by atoms with van der Waals surface area (Å²) >= 11 is 0. The molecular formula is C11H11N3O2. The van der Waals surface area contributed by atoms with Crippen molar-refractivity contribution in [2.75, 3.05) is 0 Å². The fourth-order valence-corrected chi connectivity index (χ4v) is 1.07. The Labute approximate surface area is 93.1 Å². The standard InChI is InChI=1S/C11H11N3O2/c1-2-5-8(10(12)15)14-11(16)9-6-3-4-7-13-9/h1,3-4,6-8H,5H2,(H2,12,15)(H,14,16)/t8-/m0/s1. The Morgan fingerprint density at radius 2 is 2.31 bits per heavy atom. The Balaban J connectivity index is 2.70. The third kappa shape index (κ3) is 3.10. The summed E-state index contributed by atoms with van der Waals surface area (Å²) in [5, 5.41) is 2.42. The number of primary amides is 1. The van der Waals surface area contributed by atoms with Crippen LogP contribution >= 0.6 is 0 Å². The number of hydrogen-bond donors (Lipinski definition) is 2. The van der Waals surface area contributed by atoms with Crippen molar-refractivity contribution in [3.63, 3.8) is 0 Å². The quantitative estimate of drug-likeness (QED) is 0.678. The predicted octanol–water partition coefficient (Wildman–Crippen LogP) is -0.311. The van der Waals surface area contributed by atoms with E-state index in [4.69, 9.17) is 12.2 Å². The highest BCUT2D eigenvalue weighted by molar-refractivity contribution is 5.95. The molecule has 0 aliphatic carbocycles. The predicted molar refractivity (Wildman–Crippen MR) is 58.1 cm³/mol. The van der Waals surface area contributed by atoms with Crippen LogP contribution in [0.15, 0.2) is 24.4 Å². The van der Waals surface area contributed by atoms with Crippen LogP contribution in [0, 0.1) is 12.3 Å². The molecule has 0 bridgehead atoms. The Kier molecular flexibility index (Phi) is 4.04. The molecule has 82 valence electrons. The van der Waals surface area contributed by atoms with Crippen LogP contribution in [0.2, 0.25) is 0 Å². The number of rotatable bonds is 4. The number of amides is 2. The van der Waals surface area contributed by atoms with Gasteiger partial charge >= 0.3 is 0 Å². The number of carbonyl (C=O) groups is 2. The van der Waals surface area contributed by atoms with Crippen molar-refractivity contribution in [3.8, 4) is 12.3 Å². The molecule has 16 heavy (non-hydrogen) atoms. The number of nitrogens with zero attached hydrogens (tertiary/aromatic N) is 1. The summed E-state index contributed by atoms with van der Waals surface area (Å²) in [6, 6.07) is 4.02. The van der Waals surface area contributed by atoms with Crippen molar-refractivity contribution in [2.45, 2.75) is 12.5 Å². The average molecular weight is 217 g/mol. The molecule has 5 heteroatoms. The summed E-state index contributed by atoms with van der Waals surface area (Å²) < 4.78 is 0. The summed E-state index contributed by atoms with van der Waals surface area (Å²) in [7, 11) is 0. The number of terminal acetylenes is 1. The third-order valence-corrected chi connectivity index (χ3v) is 1.87. The van der Waals surface area contributed by atoms with Gasteiger partial charge in [-0.05, 0) is 12.1 Å². The van der Waals surface area contributed by atoms with Gasteiger partial charge in [0.05, 0.1) is 0 Å². The van der Waals surface area contributed by atoms with E-state index in [0.29, 0.717) is 0 Å². The molecular weight excluding hydrogens is 206 g/mol. The first kappa shape index (κ1) is 11.7. The van der Waals surface area contributed by atoms with Crippen LogP contribution in [-0.2, 0) is 4.79 Å². The number of nitrogens with two attached hydrogens (primary N) is 1. The first-order valence-electron chi connectivity index (χ1n) is 4.60. The topological polar surface area (TPSA) is 85.1 Å². The summed E-state index contributed by atoms with van der Waals surface area (Å²) in [6.07, 6.45) is 6.60. The lowest BCUT2D eigenvalue weighted by atomic mass is 10.2. The molecule has 0 radical (unpaired) electrons. The van der Waals surface area contributed by atoms with Gasteiger partial charge in [0.1, 0.15) is 11.7 Å². The Bertz CT molecular complexity index is 423. The van der Waals surface area contributed by atoms with Crippen molar-refractivity contribution >= 4 is 11.8 Å². The number of carbonyl (C=O) groups excluding carboxylic acids is 2. The second kappa shape index (κ2) is 5.51. The van der Waals surface area contributed by atoms with Crippen molar-refractivity contribution in [2.24, 2.45) is 5.73 Å². The van der Waals surface area contributed by atoms with E-state index in [1.54, 1.807) is 12.1 Å². The van der Waals surface area contributed by atoms with Gasteiger partial charge in [0.25, 0.3) is 5.91 Å². The highest BCUT2D eigenvalue weighted by Crippen LogP contribution is 1.96. The Morgan fingerprint density at radius 1 is 1.56 bits per heavy atom. The Hall–Kier alpha value is -2.35. The fraction of sp³-hybridized carbons (Fsp3) is 0.182. The van der Waals surface area contributed by atoms with Crippen molar-refractivity contribution in [1.82, 2.24) is 10.3 Å². The SMILES string of the molecule is C#CC[C@H](NC(=O)c1ccccn1)C(N)=O. The molecule has 5 nitrogen and oxygen atoms in total. The van der Waals surface area contributed by atoms with Gasteiger partial charge in [-0.3, -0.25) is 14.6 Å². The van der Waals surface area contributed by atoms with Crippen molar-refractivity contribution in [1.29, 1.82) is 0 Å². The maximum atomic E-state index is 11.6. The van der Waals surface area contributed by atoms with Gasteiger partial charge in [0, 0.05) is 12.6 Å². The molecule has 1 aromatic heterocycles. The minimum Gasteiger partial charge on any atom is -0.368 e. The first-order valence-corrected chi connectivity index (χ1v) is 4.60. The number of pyridine rings is 1. The molecule has 0 aliphatic heterocycles. The molecule has 0 saturated carbocycles. The molecule has 0 spiro atoms. The van der Waals surface area contributed by atoms with Crippen LogP contribution < -0.4 is 11.1 Å². The van der Waals surface area contributed by atoms with Crippen molar-refractivity contribution in [3.05, 3.63) is 30.1 Å². The minimum absolute atomic E-state index is 0.0634. The number of hydrogen-bond acceptors (Lipinski definition) is 3. The molecule has 0 fully saturated rings. The lowest BCUT2D eigenvalue weighted by molar-refractivity contribution is -0.119. The van der Waals surface area contributed by atoms with Crippen LogP contribution in [0.3, 0.4) is 0 Å². The monoisotopic (exact) mass is 217 g/mol. The summed E-state index contributed by atoms with van der Waals surface area (Å²) in [4.78, 5) is 26.4. The zero-order valence-corrected chi connectivity index (χ0v) is 8.51. The van der Waals surface area contributed by atoms with Gasteiger partial charge in [0.2, 0.25) is 5.91 Å². The molecule has 1 rings (SSSR count). The van der Waals surface area contributed by atoms with Crippen LogP contribution in [0.5, 0.6) is 0 Å². The Morgan fingerprint density at radius 3 is 2.81 bits per heavy atom. The van der Waals surface area contributed by atoms with Gasteiger partial charge in [0.15, 0.2) is 0 Å². The molecule has 3 N–H and O–H groups in total. The fourth-order valence-electron chi connectivity index (χ4n) is 1.07. The van der Waals surface area contributed by atoms with Crippen LogP contribution in [0.1, 0.15) is 16.9 Å². The zero-order chi connectivity index (χ0) is 12.0. The lowest BCUT2D eigenvalue weighted by Crippen LogP contribution is -2.44. The van der Waals surface area contributed by atoms with Gasteiger partial charge in [-0.2, -0.15) is 0 Å². The van der Waals surface area contributed by atoms with Gasteiger partial charge in [-0.15, -0.1) is 12.3 Å². The van der Waals surface area contributed by atoms with E-state index in [1.807, 2.05) is 0 Å². The molecule has 1 atom stereocenters. The average Bonchev–Trinajstić information content (AvgIpc) is 2.29. The molecule has 1 aromatic rings. The van der Waals surface area contributed by atoms with Gasteiger partial charge in [-0.25, -0.2) is 0 Å². The summed E-state index contributed by atoms with van der Waals surface area (Å²) in [5.74, 6) is 1.13. The van der Waals surface area contributed by atoms with E-state index >= 15 is 0 Å². The van der Waals surface area contributed by atoms with Gasteiger partial charge in [-0.1, -0.05) is 6.07 Å². The smallest absolute Gasteiger partial charge is 0.270 e. The largest absolute Gasteiger partial charge is 0.368 e. The minimum atomic E-state index is -0.862. The second-order valence-corrected chi connectivity index (χ2v) is 3.05. The van der Waals surface area contributed by atoms with E-state index in [-0.39, 0.29) is 12.1 Å². The molecule has 0 saturated heterocycles. The van der Waals surface area contributed by atoms with E-state index in [1.165, 1.54) is 12.3 Å². The van der Waals surface area contributed by atoms with E-state index in [9.17, 15) is 9.59 Å². The number of aromatic nitrogens is 1. The van der Waals surface area contributed by atoms with Crippen LogP contribution in [0.25, 0.3) is 0 Å². The molecule has 2 amide bonds. The van der Waals surface area contributed by atoms with E-state index < -0.39 is 17.9 Å².